The number of allylic oxidation sites excluding steroid dienone is 2. The van der Waals surface area contributed by atoms with Crippen LogP contribution in [0.15, 0.2) is 63.7 Å². The van der Waals surface area contributed by atoms with E-state index < -0.39 is 5.92 Å². The lowest BCUT2D eigenvalue weighted by Gasteiger charge is -2.33. The summed E-state index contributed by atoms with van der Waals surface area (Å²) in [6.07, 6.45) is 1.90. The van der Waals surface area contributed by atoms with Gasteiger partial charge in [-0.2, -0.15) is 0 Å². The van der Waals surface area contributed by atoms with Crippen LogP contribution in [0.1, 0.15) is 41.9 Å². The van der Waals surface area contributed by atoms with E-state index in [0.717, 1.165) is 17.7 Å². The summed E-state index contributed by atoms with van der Waals surface area (Å²) in [5, 5.41) is 3.83. The minimum atomic E-state index is -0.609. The number of aromatic nitrogens is 2. The monoisotopic (exact) mass is 505 g/mol. The number of hydrogen-bond acceptors (Lipinski definition) is 8. The molecule has 2 aliphatic rings. The number of methoxy groups -OCH3 is 3. The summed E-state index contributed by atoms with van der Waals surface area (Å²) < 4.78 is 16.6. The molecule has 2 N–H and O–H groups in total. The number of nitrogens with one attached hydrogen (secondary N) is 2. The van der Waals surface area contributed by atoms with Crippen molar-refractivity contribution in [1.29, 1.82) is 0 Å². The number of ketones is 1. The fourth-order valence-corrected chi connectivity index (χ4v) is 5.65. The van der Waals surface area contributed by atoms with Gasteiger partial charge in [0.15, 0.2) is 22.4 Å². The molecule has 0 spiro atoms. The van der Waals surface area contributed by atoms with E-state index in [0.29, 0.717) is 63.5 Å². The molecule has 1 aliphatic carbocycles. The molecule has 0 saturated heterocycles. The van der Waals surface area contributed by atoms with Crippen molar-refractivity contribution in [3.63, 3.8) is 0 Å². The van der Waals surface area contributed by atoms with Crippen molar-refractivity contribution >= 4 is 23.4 Å². The predicted octanol–water partition coefficient (Wildman–Crippen LogP) is 4.65. The van der Waals surface area contributed by atoms with Crippen molar-refractivity contribution in [2.24, 2.45) is 0 Å². The number of benzene rings is 2. The molecule has 1 unspecified atom stereocenters. The van der Waals surface area contributed by atoms with Gasteiger partial charge in [0.05, 0.1) is 26.9 Å². The highest BCUT2D eigenvalue weighted by Crippen LogP contribution is 2.47. The van der Waals surface area contributed by atoms with Gasteiger partial charge >= 0.3 is 0 Å². The Bertz CT molecular complexity index is 1380. The molecule has 1 aromatic heterocycles. The molecule has 1 aliphatic heterocycles. The third-order valence-corrected chi connectivity index (χ3v) is 7.42. The molecule has 186 valence electrons. The van der Waals surface area contributed by atoms with Gasteiger partial charge in [-0.3, -0.25) is 9.59 Å². The molecule has 2 aromatic carbocycles. The molecule has 5 rings (SSSR count). The average Bonchev–Trinajstić information content (AvgIpc) is 2.90. The Morgan fingerprint density at radius 2 is 1.72 bits per heavy atom. The van der Waals surface area contributed by atoms with Crippen molar-refractivity contribution in [2.75, 3.05) is 26.6 Å². The van der Waals surface area contributed by atoms with Gasteiger partial charge in [-0.1, -0.05) is 42.1 Å². The van der Waals surface area contributed by atoms with Crippen LogP contribution in [0.25, 0.3) is 0 Å². The number of ether oxygens (including phenoxy) is 3. The molecule has 9 heteroatoms. The summed E-state index contributed by atoms with van der Waals surface area (Å²) in [6.45, 7) is 0. The topological polar surface area (TPSA) is 103 Å². The maximum absolute atomic E-state index is 13.5. The fraction of sp³-hybridized carbons (Fsp3) is 0.296. The number of nitrogens with zero attached hydrogens (tertiary/aromatic N) is 1. The Hall–Kier alpha value is -3.72. The molecular weight excluding hydrogens is 478 g/mol. The number of aromatic amines is 1. The smallest absolute Gasteiger partial charge is 0.257 e. The number of hydrogen-bond donors (Lipinski definition) is 2. The summed E-state index contributed by atoms with van der Waals surface area (Å²) in [5.41, 5.74) is 3.37. The molecule has 0 fully saturated rings. The Morgan fingerprint density at radius 1 is 1.00 bits per heavy atom. The van der Waals surface area contributed by atoms with E-state index >= 15 is 0 Å². The van der Waals surface area contributed by atoms with Crippen LogP contribution >= 0.6 is 11.8 Å². The number of H-pyrrole nitrogens is 1. The third-order valence-electron chi connectivity index (χ3n) is 6.48. The average molecular weight is 506 g/mol. The Morgan fingerprint density at radius 3 is 2.39 bits per heavy atom. The van der Waals surface area contributed by atoms with Gasteiger partial charge in [0, 0.05) is 29.4 Å². The van der Waals surface area contributed by atoms with Gasteiger partial charge in [-0.25, -0.2) is 4.98 Å². The predicted molar refractivity (Wildman–Crippen MR) is 138 cm³/mol. The quantitative estimate of drug-likeness (QED) is 0.353. The molecule has 3 aromatic rings. The molecule has 8 nitrogen and oxygen atoms in total. The van der Waals surface area contributed by atoms with Gasteiger partial charge in [0.2, 0.25) is 5.75 Å². The number of carbonyl (C=O) groups excluding carboxylic acids is 1. The Balaban J connectivity index is 1.63. The first-order chi connectivity index (χ1) is 17.5. The van der Waals surface area contributed by atoms with Crippen molar-refractivity contribution in [1.82, 2.24) is 9.97 Å². The second kappa shape index (κ2) is 10.1. The number of anilines is 1. The fourth-order valence-electron chi connectivity index (χ4n) is 4.84. The lowest BCUT2D eigenvalue weighted by atomic mass is 9.76. The van der Waals surface area contributed by atoms with Crippen molar-refractivity contribution in [3.05, 3.63) is 80.8 Å². The second-order valence-electron chi connectivity index (χ2n) is 8.59. The molecule has 1 atom stereocenters. The number of rotatable bonds is 7. The highest BCUT2D eigenvalue weighted by atomic mass is 32.2. The van der Waals surface area contributed by atoms with Crippen LogP contribution in [0, 0.1) is 0 Å². The molecule has 0 radical (unpaired) electrons. The summed E-state index contributed by atoms with van der Waals surface area (Å²) >= 11 is 1.46. The van der Waals surface area contributed by atoms with Crippen LogP contribution in [0.4, 0.5) is 5.82 Å². The lowest BCUT2D eigenvalue weighted by molar-refractivity contribution is -0.116. The van der Waals surface area contributed by atoms with Crippen molar-refractivity contribution in [2.45, 2.75) is 36.1 Å². The standard InChI is InChI=1S/C27H27N3O5S/c1-33-19-12-16(13-20(34-2)24(19)35-3)21-22-17(10-7-11-18(22)31)28-25-23(21)26(32)30-27(29-25)36-14-15-8-5-4-6-9-15/h4-6,8-9,12-13,21H,7,10-11,14H2,1-3H3,(H2,28,29,30,32). The number of carbonyl (C=O) groups is 1. The van der Waals surface area contributed by atoms with E-state index in [1.165, 1.54) is 18.9 Å². The summed E-state index contributed by atoms with van der Waals surface area (Å²) in [5.74, 6) is 1.92. The molecule has 2 heterocycles. The van der Waals surface area contributed by atoms with E-state index in [2.05, 4.69) is 10.3 Å². The lowest BCUT2D eigenvalue weighted by Crippen LogP contribution is -2.32. The molecule has 0 bridgehead atoms. The van der Waals surface area contributed by atoms with Gasteiger partial charge < -0.3 is 24.5 Å². The van der Waals surface area contributed by atoms with E-state index in [9.17, 15) is 9.59 Å². The molecule has 0 saturated carbocycles. The van der Waals surface area contributed by atoms with Crippen LogP contribution in [-0.2, 0) is 10.5 Å². The van der Waals surface area contributed by atoms with Crippen LogP contribution < -0.4 is 25.1 Å². The van der Waals surface area contributed by atoms with E-state index in [1.54, 1.807) is 26.4 Å². The van der Waals surface area contributed by atoms with Crippen molar-refractivity contribution < 1.29 is 19.0 Å². The first kappa shape index (κ1) is 24.0. The first-order valence-corrected chi connectivity index (χ1v) is 12.7. The highest BCUT2D eigenvalue weighted by molar-refractivity contribution is 7.98. The molecule has 0 amide bonds. The number of thioether (sulfide) groups is 1. The minimum absolute atomic E-state index is 0.0232. The third kappa shape index (κ3) is 4.35. The summed E-state index contributed by atoms with van der Waals surface area (Å²) in [4.78, 5) is 34.4. The zero-order valence-corrected chi connectivity index (χ0v) is 21.2. The molecule has 36 heavy (non-hydrogen) atoms. The van der Waals surface area contributed by atoms with Gasteiger partial charge in [0.1, 0.15) is 5.82 Å². The van der Waals surface area contributed by atoms with Crippen LogP contribution in [0.5, 0.6) is 17.2 Å². The van der Waals surface area contributed by atoms with Gasteiger partial charge in [-0.05, 0) is 36.1 Å². The van der Waals surface area contributed by atoms with Gasteiger partial charge in [0.25, 0.3) is 5.56 Å². The van der Waals surface area contributed by atoms with Crippen molar-refractivity contribution in [3.8, 4) is 17.2 Å². The Labute approximate surface area is 213 Å². The van der Waals surface area contributed by atoms with Crippen LogP contribution in [0.2, 0.25) is 0 Å². The number of fused-ring (bicyclic) bond motifs is 1. The summed E-state index contributed by atoms with van der Waals surface area (Å²) in [7, 11) is 4.62. The van der Waals surface area contributed by atoms with E-state index in [4.69, 9.17) is 19.2 Å². The highest BCUT2D eigenvalue weighted by Gasteiger charge is 2.38. The minimum Gasteiger partial charge on any atom is -0.493 e. The zero-order valence-electron chi connectivity index (χ0n) is 20.3. The number of Topliss-reactive ketones (excluding diaryl/α,β-unsaturated/α-hetero) is 1. The first-order valence-electron chi connectivity index (χ1n) is 11.7. The van der Waals surface area contributed by atoms with E-state index in [-0.39, 0.29) is 11.3 Å². The molecular formula is C27H27N3O5S. The SMILES string of the molecule is COc1cc(C2C3=C(CCCC3=O)Nc3nc(SCc4ccccc4)[nH]c(=O)c32)cc(OC)c1OC. The maximum Gasteiger partial charge on any atom is 0.257 e. The van der Waals surface area contributed by atoms with Crippen LogP contribution in [0.3, 0.4) is 0 Å². The summed E-state index contributed by atoms with van der Waals surface area (Å²) in [6, 6.07) is 13.6. The van der Waals surface area contributed by atoms with E-state index in [1.807, 2.05) is 30.3 Å². The largest absolute Gasteiger partial charge is 0.493 e. The van der Waals surface area contributed by atoms with Crippen LogP contribution in [-0.4, -0.2) is 37.1 Å². The normalized spacial score (nSPS) is 16.6. The Kier molecular flexibility index (Phi) is 6.73. The zero-order chi connectivity index (χ0) is 25.2. The second-order valence-corrected chi connectivity index (χ2v) is 9.56. The van der Waals surface area contributed by atoms with Gasteiger partial charge in [-0.15, -0.1) is 0 Å². The maximum atomic E-state index is 13.5.